The lowest BCUT2D eigenvalue weighted by Crippen LogP contribution is -2.35. The van der Waals surface area contributed by atoms with Gasteiger partial charge >= 0.3 is 18.1 Å². The van der Waals surface area contributed by atoms with Gasteiger partial charge < -0.3 is 23.8 Å². The molecule has 0 aromatic rings. The summed E-state index contributed by atoms with van der Waals surface area (Å²) in [6.07, 6.45) is 23.8. The Hall–Kier alpha value is -1.83. The number of carbonyl (C=O) groups excluding carboxylic acids is 3. The average Bonchev–Trinajstić information content (AvgIpc) is 3.53. The zero-order valence-electron chi connectivity index (χ0n) is 28.0. The van der Waals surface area contributed by atoms with Gasteiger partial charge in [-0.25, -0.2) is 4.79 Å². The molecule has 8 heteroatoms. The maximum Gasteiger partial charge on any atom is 0.508 e. The van der Waals surface area contributed by atoms with Gasteiger partial charge in [0.15, 0.2) is 0 Å². The van der Waals surface area contributed by atoms with Gasteiger partial charge in [-0.2, -0.15) is 0 Å². The minimum Gasteiger partial charge on any atom is -0.465 e. The summed E-state index contributed by atoms with van der Waals surface area (Å²) >= 11 is 0. The molecule has 2 saturated carbocycles. The number of esters is 2. The van der Waals surface area contributed by atoms with Gasteiger partial charge in [0.1, 0.15) is 19.8 Å². The van der Waals surface area contributed by atoms with Gasteiger partial charge in [0.05, 0.1) is 18.9 Å². The molecule has 0 aromatic carbocycles. The summed E-state index contributed by atoms with van der Waals surface area (Å²) in [7, 11) is 0. The Morgan fingerprint density at radius 1 is 0.705 bits per heavy atom. The molecule has 44 heavy (non-hydrogen) atoms. The number of unbranched alkanes of at least 4 members (excludes halogenated alkanes) is 9. The fourth-order valence-electron chi connectivity index (χ4n) is 7.50. The molecule has 254 valence electrons. The van der Waals surface area contributed by atoms with Crippen LogP contribution in [0.5, 0.6) is 0 Å². The summed E-state index contributed by atoms with van der Waals surface area (Å²) in [5.74, 6) is -0.114. The molecule has 3 fully saturated rings. The Morgan fingerprint density at radius 3 is 1.95 bits per heavy atom. The third-order valence-electron chi connectivity index (χ3n) is 10.0. The molecular weight excluding hydrogens is 558 g/mol. The number of hydrogen-bond donors (Lipinski definition) is 0. The standard InChI is InChI=1S/C36H63NO7/c1-2-3-4-5-6-7-8-9-10-11-19-33(38)42-28-32(30-44-35(40)41-25-16-24-37-22-12-13-23-37)29-43-34(39)27-36-20-14-17-31(26-36)18-15-21-36/h31-32H,2-30H2,1H3. The van der Waals surface area contributed by atoms with E-state index < -0.39 is 12.1 Å². The maximum absolute atomic E-state index is 12.9. The molecule has 2 bridgehead atoms. The van der Waals surface area contributed by atoms with Crippen molar-refractivity contribution in [1.29, 1.82) is 0 Å². The molecule has 2 aliphatic carbocycles. The van der Waals surface area contributed by atoms with Gasteiger partial charge in [-0.1, -0.05) is 90.4 Å². The minimum atomic E-state index is -0.728. The normalized spacial score (nSPS) is 22.3. The number of rotatable bonds is 23. The molecule has 8 nitrogen and oxygen atoms in total. The largest absolute Gasteiger partial charge is 0.508 e. The first-order chi connectivity index (χ1) is 21.5. The predicted molar refractivity (Wildman–Crippen MR) is 172 cm³/mol. The first-order valence-electron chi connectivity index (χ1n) is 18.3. The van der Waals surface area contributed by atoms with Gasteiger partial charge in [0.25, 0.3) is 0 Å². The fourth-order valence-corrected chi connectivity index (χ4v) is 7.50. The Labute approximate surface area is 267 Å². The van der Waals surface area contributed by atoms with Gasteiger partial charge in [-0.05, 0) is 69.4 Å². The Morgan fingerprint density at radius 2 is 1.30 bits per heavy atom. The zero-order valence-corrected chi connectivity index (χ0v) is 28.0. The highest BCUT2D eigenvalue weighted by Gasteiger charge is 2.41. The van der Waals surface area contributed by atoms with Crippen LogP contribution >= 0.6 is 0 Å². The summed E-state index contributed by atoms with van der Waals surface area (Å²) in [4.78, 5) is 40.0. The highest BCUT2D eigenvalue weighted by molar-refractivity contribution is 5.70. The highest BCUT2D eigenvalue weighted by atomic mass is 16.7. The van der Waals surface area contributed by atoms with E-state index in [1.54, 1.807) is 0 Å². The molecular formula is C36H63NO7. The van der Waals surface area contributed by atoms with E-state index in [1.807, 2.05) is 0 Å². The Kier molecular flexibility index (Phi) is 18.2. The number of nitrogens with zero attached hydrogens (tertiary/aromatic N) is 1. The summed E-state index contributed by atoms with van der Waals surface area (Å²) < 4.78 is 21.9. The lowest BCUT2D eigenvalue weighted by molar-refractivity contribution is -0.152. The van der Waals surface area contributed by atoms with Crippen molar-refractivity contribution in [2.75, 3.05) is 46.1 Å². The summed E-state index contributed by atoms with van der Waals surface area (Å²) in [6, 6.07) is 0. The molecule has 1 unspecified atom stereocenters. The van der Waals surface area contributed by atoms with Crippen molar-refractivity contribution in [2.24, 2.45) is 17.3 Å². The first-order valence-corrected chi connectivity index (χ1v) is 18.3. The van der Waals surface area contributed by atoms with Crippen LogP contribution in [0.15, 0.2) is 0 Å². The van der Waals surface area contributed by atoms with Crippen LogP contribution in [0.3, 0.4) is 0 Å². The molecule has 3 aliphatic rings. The first kappa shape index (κ1) is 36.6. The zero-order chi connectivity index (χ0) is 31.3. The molecule has 0 amide bonds. The summed E-state index contributed by atoms with van der Waals surface area (Å²) in [5.41, 5.74) is 0.0879. The van der Waals surface area contributed by atoms with Crippen LogP contribution in [0.4, 0.5) is 4.79 Å². The molecule has 0 spiro atoms. The third kappa shape index (κ3) is 15.4. The van der Waals surface area contributed by atoms with Crippen LogP contribution < -0.4 is 0 Å². The van der Waals surface area contributed by atoms with Crippen LogP contribution in [0.1, 0.15) is 148 Å². The van der Waals surface area contributed by atoms with Crippen molar-refractivity contribution in [1.82, 2.24) is 4.90 Å². The SMILES string of the molecule is CCCCCCCCCCCCC(=O)OCC(COC(=O)CC12CCCC(CCC1)C2)COC(=O)OCCCN1CCCC1. The van der Waals surface area contributed by atoms with E-state index in [0.717, 1.165) is 70.5 Å². The van der Waals surface area contributed by atoms with Crippen molar-refractivity contribution in [3.63, 3.8) is 0 Å². The lowest BCUT2D eigenvalue weighted by Gasteiger charge is -2.44. The second-order valence-corrected chi connectivity index (χ2v) is 14.0. The Balaban J connectivity index is 1.34. The number of carbonyl (C=O) groups is 3. The van der Waals surface area contributed by atoms with Gasteiger partial charge in [-0.3, -0.25) is 9.59 Å². The molecule has 3 rings (SSSR count). The summed E-state index contributed by atoms with van der Waals surface area (Å²) in [5, 5.41) is 0. The summed E-state index contributed by atoms with van der Waals surface area (Å²) in [6.45, 7) is 5.80. The topological polar surface area (TPSA) is 91.4 Å². The number of likely N-dealkylation sites (tertiary alicyclic amines) is 1. The van der Waals surface area contributed by atoms with Crippen molar-refractivity contribution in [3.8, 4) is 0 Å². The van der Waals surface area contributed by atoms with Crippen molar-refractivity contribution in [3.05, 3.63) is 0 Å². The van der Waals surface area contributed by atoms with Crippen LogP contribution in [0.25, 0.3) is 0 Å². The Bertz CT molecular complexity index is 802. The monoisotopic (exact) mass is 621 g/mol. The van der Waals surface area contributed by atoms with Crippen LogP contribution in [0, 0.1) is 17.3 Å². The molecule has 1 heterocycles. The molecule has 0 N–H and O–H groups in total. The van der Waals surface area contributed by atoms with Crippen LogP contribution in [0.2, 0.25) is 0 Å². The van der Waals surface area contributed by atoms with Gasteiger partial charge in [0.2, 0.25) is 0 Å². The quantitative estimate of drug-likeness (QED) is 0.0638. The average molecular weight is 622 g/mol. The molecule has 1 saturated heterocycles. The van der Waals surface area contributed by atoms with Gasteiger partial charge in [0, 0.05) is 13.0 Å². The van der Waals surface area contributed by atoms with E-state index in [1.165, 1.54) is 83.5 Å². The number of fused-ring (bicyclic) bond motifs is 2. The van der Waals surface area contributed by atoms with E-state index in [-0.39, 0.29) is 37.2 Å². The van der Waals surface area contributed by atoms with E-state index in [4.69, 9.17) is 18.9 Å². The highest BCUT2D eigenvalue weighted by Crippen LogP contribution is 2.51. The fraction of sp³-hybridized carbons (Fsp3) is 0.917. The van der Waals surface area contributed by atoms with Crippen molar-refractivity contribution < 1.29 is 33.3 Å². The number of ether oxygens (including phenoxy) is 4. The van der Waals surface area contributed by atoms with Crippen molar-refractivity contribution >= 4 is 18.1 Å². The maximum atomic E-state index is 12.9. The van der Waals surface area contributed by atoms with E-state index >= 15 is 0 Å². The van der Waals surface area contributed by atoms with Crippen LogP contribution in [-0.2, 0) is 28.5 Å². The molecule has 1 atom stereocenters. The smallest absolute Gasteiger partial charge is 0.465 e. The lowest BCUT2D eigenvalue weighted by atomic mass is 9.61. The van der Waals surface area contributed by atoms with E-state index in [2.05, 4.69) is 11.8 Å². The van der Waals surface area contributed by atoms with Gasteiger partial charge in [-0.15, -0.1) is 0 Å². The number of hydrogen-bond acceptors (Lipinski definition) is 8. The predicted octanol–water partition coefficient (Wildman–Crippen LogP) is 8.39. The van der Waals surface area contributed by atoms with Crippen LogP contribution in [-0.4, -0.2) is 69.1 Å². The molecule has 1 aliphatic heterocycles. The van der Waals surface area contributed by atoms with E-state index in [0.29, 0.717) is 19.4 Å². The molecule has 0 radical (unpaired) electrons. The van der Waals surface area contributed by atoms with Crippen molar-refractivity contribution in [2.45, 2.75) is 148 Å². The second-order valence-electron chi connectivity index (χ2n) is 14.0. The second kappa shape index (κ2) is 21.8. The minimum absolute atomic E-state index is 0.0169. The van der Waals surface area contributed by atoms with E-state index in [9.17, 15) is 14.4 Å². The molecule has 0 aromatic heterocycles. The third-order valence-corrected chi connectivity index (χ3v) is 10.0.